The van der Waals surface area contributed by atoms with Crippen molar-refractivity contribution in [3.05, 3.63) is 51.6 Å². The first-order chi connectivity index (χ1) is 9.95. The van der Waals surface area contributed by atoms with Crippen LogP contribution in [0.25, 0.3) is 0 Å². The number of carboxylic acids is 1. The Bertz CT molecular complexity index is 782. The summed E-state index contributed by atoms with van der Waals surface area (Å²) in [7, 11) is 0. The number of aromatic amines is 1. The lowest BCUT2D eigenvalue weighted by atomic mass is 9.95. The quantitative estimate of drug-likeness (QED) is 0.857. The highest BCUT2D eigenvalue weighted by Gasteiger charge is 2.29. The number of hydrogen-bond donors (Lipinski definition) is 2. The van der Waals surface area contributed by atoms with Crippen LogP contribution in [0.5, 0.6) is 0 Å². The molecule has 110 valence electrons. The summed E-state index contributed by atoms with van der Waals surface area (Å²) in [5.41, 5.74) is 1.59. The summed E-state index contributed by atoms with van der Waals surface area (Å²) in [6.45, 7) is 0.421. The van der Waals surface area contributed by atoms with Gasteiger partial charge in [-0.1, -0.05) is 0 Å². The molecule has 0 bridgehead atoms. The van der Waals surface area contributed by atoms with Gasteiger partial charge in [0, 0.05) is 23.9 Å². The van der Waals surface area contributed by atoms with Gasteiger partial charge >= 0.3 is 5.97 Å². The molecule has 0 radical (unpaired) electrons. The second-order valence-corrected chi connectivity index (χ2v) is 5.49. The van der Waals surface area contributed by atoms with Gasteiger partial charge < -0.3 is 14.7 Å². The zero-order valence-electron chi connectivity index (χ0n) is 10.9. The van der Waals surface area contributed by atoms with E-state index in [0.717, 1.165) is 17.8 Å². The van der Waals surface area contributed by atoms with Crippen molar-refractivity contribution in [2.24, 2.45) is 0 Å². The third-order valence-corrected chi connectivity index (χ3v) is 4.07. The van der Waals surface area contributed by atoms with Crippen LogP contribution in [0.2, 0.25) is 0 Å². The highest BCUT2D eigenvalue weighted by molar-refractivity contribution is 7.71. The molecule has 4 nitrogen and oxygen atoms in total. The summed E-state index contributed by atoms with van der Waals surface area (Å²) in [6.07, 6.45) is 0.278. The summed E-state index contributed by atoms with van der Waals surface area (Å²) in [5.74, 6) is -2.14. The molecule has 0 saturated carbocycles. The Labute approximate surface area is 124 Å². The molecule has 0 spiro atoms. The topological polar surface area (TPSA) is 58.0 Å². The highest BCUT2D eigenvalue weighted by Crippen LogP contribution is 2.33. The Morgan fingerprint density at radius 2 is 2.24 bits per heavy atom. The van der Waals surface area contributed by atoms with Gasteiger partial charge in [0.15, 0.2) is 4.77 Å². The average Bonchev–Trinajstić information content (AvgIpc) is 2.95. The number of fused-ring (bicyclic) bond motifs is 1. The van der Waals surface area contributed by atoms with Gasteiger partial charge in [0.1, 0.15) is 11.6 Å². The van der Waals surface area contributed by atoms with E-state index in [2.05, 4.69) is 4.98 Å². The van der Waals surface area contributed by atoms with E-state index < -0.39 is 17.6 Å². The largest absolute Gasteiger partial charge is 0.481 e. The Balaban J connectivity index is 1.96. The lowest BCUT2D eigenvalue weighted by Crippen LogP contribution is -2.06. The number of aliphatic carboxylic acids is 1. The van der Waals surface area contributed by atoms with Crippen molar-refractivity contribution in [3.63, 3.8) is 0 Å². The minimum atomic E-state index is -0.963. The van der Waals surface area contributed by atoms with E-state index >= 15 is 0 Å². The number of aromatic nitrogens is 2. The third-order valence-electron chi connectivity index (χ3n) is 3.75. The first-order valence-electron chi connectivity index (χ1n) is 6.43. The molecule has 2 aromatic rings. The Morgan fingerprint density at radius 1 is 1.48 bits per heavy atom. The molecule has 1 atom stereocenters. The normalized spacial score (nSPS) is 17.0. The summed E-state index contributed by atoms with van der Waals surface area (Å²) < 4.78 is 29.3. The molecule has 0 unspecified atom stereocenters. The third kappa shape index (κ3) is 2.49. The Morgan fingerprint density at radius 3 is 2.95 bits per heavy atom. The molecule has 3 rings (SSSR count). The second-order valence-electron chi connectivity index (χ2n) is 5.10. The van der Waals surface area contributed by atoms with Crippen LogP contribution in [0.15, 0.2) is 18.2 Å². The Kier molecular flexibility index (Phi) is 3.36. The van der Waals surface area contributed by atoms with Gasteiger partial charge in [-0.05, 0) is 42.4 Å². The number of rotatable bonds is 3. The van der Waals surface area contributed by atoms with Crippen LogP contribution in [0.4, 0.5) is 8.78 Å². The fraction of sp³-hybridized carbons (Fsp3) is 0.286. The number of carboxylic acid groups (broad SMARTS) is 1. The summed E-state index contributed by atoms with van der Waals surface area (Å²) >= 11 is 5.16. The van der Waals surface area contributed by atoms with Gasteiger partial charge in [-0.15, -0.1) is 0 Å². The molecular weight excluding hydrogens is 298 g/mol. The molecule has 0 amide bonds. The van der Waals surface area contributed by atoms with E-state index in [1.807, 2.05) is 0 Å². The SMILES string of the molecule is O=C(O)Cc1[nH]c(=S)n2c1C[C@H](c1cc(F)ccc1F)C2. The number of nitrogens with zero attached hydrogens (tertiary/aromatic N) is 1. The fourth-order valence-corrected chi connectivity index (χ4v) is 3.14. The standard InChI is InChI=1S/C14H12F2N2O2S/c15-8-1-2-10(16)9(4-8)7-3-12-11(5-13(19)20)17-14(21)18(12)6-7/h1-2,4,7H,3,5-6H2,(H,17,21)(H,19,20)/t7-/m0/s1. The van der Waals surface area contributed by atoms with Crippen molar-refractivity contribution in [2.45, 2.75) is 25.3 Å². The van der Waals surface area contributed by atoms with Crippen molar-refractivity contribution >= 4 is 18.2 Å². The highest BCUT2D eigenvalue weighted by atomic mass is 32.1. The van der Waals surface area contributed by atoms with Gasteiger partial charge in [0.25, 0.3) is 0 Å². The maximum absolute atomic E-state index is 13.9. The number of H-pyrrole nitrogens is 1. The van der Waals surface area contributed by atoms with Gasteiger partial charge in [-0.2, -0.15) is 0 Å². The van der Waals surface area contributed by atoms with Crippen LogP contribution in [-0.2, 0) is 24.2 Å². The van der Waals surface area contributed by atoms with Crippen LogP contribution in [0.1, 0.15) is 22.9 Å². The van der Waals surface area contributed by atoms with E-state index in [-0.39, 0.29) is 12.3 Å². The number of nitrogens with one attached hydrogen (secondary N) is 1. The maximum Gasteiger partial charge on any atom is 0.309 e. The lowest BCUT2D eigenvalue weighted by Gasteiger charge is -2.11. The van der Waals surface area contributed by atoms with Crippen LogP contribution in [-0.4, -0.2) is 20.6 Å². The van der Waals surface area contributed by atoms with Crippen LogP contribution in [0.3, 0.4) is 0 Å². The zero-order valence-corrected chi connectivity index (χ0v) is 11.7. The van der Waals surface area contributed by atoms with Crippen LogP contribution < -0.4 is 0 Å². The smallest absolute Gasteiger partial charge is 0.309 e. The van der Waals surface area contributed by atoms with Gasteiger partial charge in [-0.25, -0.2) is 8.78 Å². The van der Waals surface area contributed by atoms with E-state index in [9.17, 15) is 13.6 Å². The van der Waals surface area contributed by atoms with Crippen molar-refractivity contribution < 1.29 is 18.7 Å². The van der Waals surface area contributed by atoms with Crippen LogP contribution >= 0.6 is 12.2 Å². The lowest BCUT2D eigenvalue weighted by molar-refractivity contribution is -0.136. The monoisotopic (exact) mass is 310 g/mol. The molecule has 0 aliphatic carbocycles. The molecule has 1 aromatic heterocycles. The number of carbonyl (C=O) groups is 1. The molecular formula is C14H12F2N2O2S. The Hall–Kier alpha value is -2.02. The molecule has 2 N–H and O–H groups in total. The summed E-state index contributed by atoms with van der Waals surface area (Å²) in [6, 6.07) is 3.38. The molecule has 21 heavy (non-hydrogen) atoms. The number of benzene rings is 1. The van der Waals surface area contributed by atoms with Crippen molar-refractivity contribution in [2.75, 3.05) is 0 Å². The molecule has 0 fully saturated rings. The molecule has 7 heteroatoms. The molecule has 0 saturated heterocycles. The molecule has 2 heterocycles. The van der Waals surface area contributed by atoms with E-state index in [1.54, 1.807) is 4.57 Å². The summed E-state index contributed by atoms with van der Waals surface area (Å²) in [5, 5.41) is 8.90. The minimum absolute atomic E-state index is 0.162. The molecule has 1 aliphatic heterocycles. The first kappa shape index (κ1) is 13.9. The predicted octanol–water partition coefficient (Wildman–Crippen LogP) is 2.79. The van der Waals surface area contributed by atoms with Crippen molar-refractivity contribution in [1.29, 1.82) is 0 Å². The minimum Gasteiger partial charge on any atom is -0.481 e. The molecule has 1 aromatic carbocycles. The number of imidazole rings is 1. The van der Waals surface area contributed by atoms with Crippen LogP contribution in [0, 0.1) is 16.4 Å². The summed E-state index contributed by atoms with van der Waals surface area (Å²) in [4.78, 5) is 13.7. The van der Waals surface area contributed by atoms with Crippen molar-refractivity contribution in [3.8, 4) is 0 Å². The average molecular weight is 310 g/mol. The predicted molar refractivity (Wildman–Crippen MR) is 73.8 cm³/mol. The maximum atomic E-state index is 13.9. The van der Waals surface area contributed by atoms with Gasteiger partial charge in [0.05, 0.1) is 6.42 Å². The second kappa shape index (κ2) is 5.07. The van der Waals surface area contributed by atoms with E-state index in [0.29, 0.717) is 29.0 Å². The van der Waals surface area contributed by atoms with E-state index in [1.165, 1.54) is 6.07 Å². The number of hydrogen-bond acceptors (Lipinski definition) is 2. The molecule has 1 aliphatic rings. The fourth-order valence-electron chi connectivity index (χ4n) is 2.83. The van der Waals surface area contributed by atoms with Crippen molar-refractivity contribution in [1.82, 2.24) is 9.55 Å². The van der Waals surface area contributed by atoms with E-state index in [4.69, 9.17) is 17.3 Å². The van der Waals surface area contributed by atoms with Gasteiger partial charge in [-0.3, -0.25) is 4.79 Å². The number of halogens is 2. The first-order valence-corrected chi connectivity index (χ1v) is 6.84. The van der Waals surface area contributed by atoms with Gasteiger partial charge in [0.2, 0.25) is 0 Å². The zero-order chi connectivity index (χ0) is 15.1.